The van der Waals surface area contributed by atoms with E-state index < -0.39 is 17.6 Å². The molecule has 2 aromatic carbocycles. The molecular weight excluding hydrogens is 333 g/mol. The number of carbonyl (C=O) groups is 2. The molecular formula is C18H13F3N2O2. The summed E-state index contributed by atoms with van der Waals surface area (Å²) in [4.78, 5) is 23.3. The van der Waals surface area contributed by atoms with Gasteiger partial charge in [0.25, 0.3) is 0 Å². The Bertz CT molecular complexity index is 928. The lowest BCUT2D eigenvalue weighted by atomic mass is 10.2. The molecule has 0 fully saturated rings. The van der Waals surface area contributed by atoms with E-state index in [1.54, 1.807) is 35.0 Å². The van der Waals surface area contributed by atoms with Gasteiger partial charge in [0.1, 0.15) is 6.54 Å². The van der Waals surface area contributed by atoms with Crippen LogP contribution in [0.4, 0.5) is 18.9 Å². The number of nitrogens with zero attached hydrogens (tertiary/aromatic N) is 1. The zero-order chi connectivity index (χ0) is 18.0. The Morgan fingerprint density at radius 1 is 1.08 bits per heavy atom. The first-order chi connectivity index (χ1) is 11.9. The number of para-hydroxylation sites is 1. The molecule has 4 nitrogen and oxygen atoms in total. The number of alkyl halides is 3. The van der Waals surface area contributed by atoms with Crippen LogP contribution in [0.25, 0.3) is 10.9 Å². The van der Waals surface area contributed by atoms with Crippen molar-refractivity contribution in [2.24, 2.45) is 0 Å². The Kier molecular flexibility index (Phi) is 4.31. The van der Waals surface area contributed by atoms with Crippen LogP contribution in [0.3, 0.4) is 0 Å². The molecule has 3 aromatic rings. The maximum Gasteiger partial charge on any atom is 0.416 e. The summed E-state index contributed by atoms with van der Waals surface area (Å²) < 4.78 is 39.2. The van der Waals surface area contributed by atoms with Gasteiger partial charge in [-0.25, -0.2) is 0 Å². The number of benzene rings is 2. The lowest BCUT2D eigenvalue weighted by molar-refractivity contribution is -0.137. The monoisotopic (exact) mass is 346 g/mol. The van der Waals surface area contributed by atoms with Gasteiger partial charge >= 0.3 is 6.18 Å². The van der Waals surface area contributed by atoms with E-state index in [2.05, 4.69) is 5.32 Å². The second-order valence-electron chi connectivity index (χ2n) is 5.47. The van der Waals surface area contributed by atoms with Crippen LogP contribution < -0.4 is 5.32 Å². The second kappa shape index (κ2) is 6.43. The topological polar surface area (TPSA) is 51.1 Å². The smallest absolute Gasteiger partial charge is 0.337 e. The Hall–Kier alpha value is -3.09. The highest BCUT2D eigenvalue weighted by Crippen LogP contribution is 2.29. The average molecular weight is 346 g/mol. The first-order valence-electron chi connectivity index (χ1n) is 7.38. The van der Waals surface area contributed by atoms with E-state index in [1.807, 2.05) is 0 Å². The van der Waals surface area contributed by atoms with Gasteiger partial charge in [-0.05, 0) is 30.3 Å². The summed E-state index contributed by atoms with van der Waals surface area (Å²) in [6.45, 7) is -0.0601. The number of anilines is 1. The highest BCUT2D eigenvalue weighted by atomic mass is 19.4. The Morgan fingerprint density at radius 2 is 1.76 bits per heavy atom. The number of rotatable bonds is 4. The molecule has 0 aliphatic heterocycles. The van der Waals surface area contributed by atoms with E-state index in [4.69, 9.17) is 0 Å². The van der Waals surface area contributed by atoms with E-state index in [0.29, 0.717) is 11.8 Å². The van der Waals surface area contributed by atoms with E-state index in [-0.39, 0.29) is 12.2 Å². The molecule has 25 heavy (non-hydrogen) atoms. The molecule has 0 spiro atoms. The van der Waals surface area contributed by atoms with Gasteiger partial charge in [0.05, 0.1) is 5.56 Å². The maximum absolute atomic E-state index is 12.5. The fourth-order valence-electron chi connectivity index (χ4n) is 2.60. The second-order valence-corrected chi connectivity index (χ2v) is 5.47. The highest BCUT2D eigenvalue weighted by Gasteiger charge is 2.29. The van der Waals surface area contributed by atoms with Crippen molar-refractivity contribution in [3.8, 4) is 0 Å². The van der Waals surface area contributed by atoms with Crippen LogP contribution in [0.15, 0.2) is 54.7 Å². The SMILES string of the molecule is O=Cc1cn(CC(=O)Nc2ccc(C(F)(F)F)cc2)c2ccccc12. The largest absolute Gasteiger partial charge is 0.416 e. The molecule has 0 atom stereocenters. The number of nitrogens with one attached hydrogen (secondary N) is 1. The molecule has 128 valence electrons. The summed E-state index contributed by atoms with van der Waals surface area (Å²) in [5.74, 6) is -0.405. The molecule has 0 saturated heterocycles. The van der Waals surface area contributed by atoms with Gasteiger partial charge in [-0.2, -0.15) is 13.2 Å². The third-order valence-corrected chi connectivity index (χ3v) is 3.76. The van der Waals surface area contributed by atoms with Gasteiger partial charge < -0.3 is 9.88 Å². The van der Waals surface area contributed by atoms with Crippen molar-refractivity contribution in [1.29, 1.82) is 0 Å². The third-order valence-electron chi connectivity index (χ3n) is 3.76. The molecule has 0 unspecified atom stereocenters. The molecule has 0 aliphatic rings. The summed E-state index contributed by atoms with van der Waals surface area (Å²) in [5, 5.41) is 3.28. The van der Waals surface area contributed by atoms with E-state index in [1.165, 1.54) is 12.1 Å². The molecule has 1 heterocycles. The number of aromatic nitrogens is 1. The van der Waals surface area contributed by atoms with Crippen molar-refractivity contribution in [3.63, 3.8) is 0 Å². The summed E-state index contributed by atoms with van der Waals surface area (Å²) in [6, 6.07) is 11.4. The number of fused-ring (bicyclic) bond motifs is 1. The zero-order valence-corrected chi connectivity index (χ0v) is 12.9. The molecule has 7 heteroatoms. The maximum atomic E-state index is 12.5. The van der Waals surface area contributed by atoms with E-state index >= 15 is 0 Å². The number of carbonyl (C=O) groups excluding carboxylic acids is 2. The van der Waals surface area contributed by atoms with Gasteiger partial charge in [-0.15, -0.1) is 0 Å². The Labute approximate surface area is 140 Å². The number of amides is 1. The van der Waals surface area contributed by atoms with Crippen LogP contribution >= 0.6 is 0 Å². The van der Waals surface area contributed by atoms with E-state index in [0.717, 1.165) is 23.0 Å². The van der Waals surface area contributed by atoms with E-state index in [9.17, 15) is 22.8 Å². The molecule has 1 amide bonds. The lowest BCUT2D eigenvalue weighted by Gasteiger charge is -2.09. The normalized spacial score (nSPS) is 11.5. The minimum Gasteiger partial charge on any atom is -0.337 e. The summed E-state index contributed by atoms with van der Waals surface area (Å²) in [5.41, 5.74) is 0.688. The number of halogens is 3. The van der Waals surface area contributed by atoms with Crippen LogP contribution in [0, 0.1) is 0 Å². The predicted molar refractivity (Wildman–Crippen MR) is 87.4 cm³/mol. The van der Waals surface area contributed by atoms with Crippen molar-refractivity contribution in [3.05, 3.63) is 65.9 Å². The standard InChI is InChI=1S/C18H13F3N2O2/c19-18(20,21)13-5-7-14(8-6-13)22-17(25)10-23-9-12(11-24)15-3-1-2-4-16(15)23/h1-9,11H,10H2,(H,22,25). The van der Waals surface area contributed by atoms with Crippen molar-refractivity contribution in [1.82, 2.24) is 4.57 Å². The first-order valence-corrected chi connectivity index (χ1v) is 7.38. The van der Waals surface area contributed by atoms with Crippen molar-refractivity contribution in [2.75, 3.05) is 5.32 Å². The molecule has 3 rings (SSSR count). The lowest BCUT2D eigenvalue weighted by Crippen LogP contribution is -2.18. The van der Waals surface area contributed by atoms with Crippen molar-refractivity contribution < 1.29 is 22.8 Å². The van der Waals surface area contributed by atoms with Crippen LogP contribution in [-0.2, 0) is 17.5 Å². The third kappa shape index (κ3) is 3.55. The summed E-state index contributed by atoms with van der Waals surface area (Å²) >= 11 is 0. The summed E-state index contributed by atoms with van der Waals surface area (Å²) in [7, 11) is 0. The quantitative estimate of drug-likeness (QED) is 0.723. The Morgan fingerprint density at radius 3 is 2.40 bits per heavy atom. The van der Waals surface area contributed by atoms with Crippen LogP contribution in [0.1, 0.15) is 15.9 Å². The van der Waals surface area contributed by atoms with Gasteiger partial charge in [0, 0.05) is 28.4 Å². The van der Waals surface area contributed by atoms with Gasteiger partial charge in [-0.3, -0.25) is 9.59 Å². The van der Waals surface area contributed by atoms with Crippen molar-refractivity contribution in [2.45, 2.75) is 12.7 Å². The minimum atomic E-state index is -4.42. The molecule has 1 aromatic heterocycles. The number of hydrogen-bond donors (Lipinski definition) is 1. The van der Waals surface area contributed by atoms with Crippen LogP contribution in [0.5, 0.6) is 0 Å². The first kappa shape index (κ1) is 16.8. The average Bonchev–Trinajstić information content (AvgIpc) is 2.92. The van der Waals surface area contributed by atoms with Crippen LogP contribution in [0.2, 0.25) is 0 Å². The molecule has 1 N–H and O–H groups in total. The van der Waals surface area contributed by atoms with Gasteiger partial charge in [0.2, 0.25) is 5.91 Å². The molecule has 0 radical (unpaired) electrons. The highest BCUT2D eigenvalue weighted by molar-refractivity contribution is 5.99. The van der Waals surface area contributed by atoms with Crippen molar-refractivity contribution >= 4 is 28.8 Å². The van der Waals surface area contributed by atoms with Crippen LogP contribution in [-0.4, -0.2) is 16.8 Å². The summed E-state index contributed by atoms with van der Waals surface area (Å²) in [6.07, 6.45) is -2.13. The molecule has 0 aliphatic carbocycles. The zero-order valence-electron chi connectivity index (χ0n) is 12.9. The van der Waals surface area contributed by atoms with Gasteiger partial charge in [-0.1, -0.05) is 18.2 Å². The number of hydrogen-bond acceptors (Lipinski definition) is 2. The molecule has 0 saturated carbocycles. The molecule has 0 bridgehead atoms. The fraction of sp³-hybridized carbons (Fsp3) is 0.111. The van der Waals surface area contributed by atoms with Gasteiger partial charge in [0.15, 0.2) is 6.29 Å². The Balaban J connectivity index is 1.76. The number of aldehydes is 1. The minimum absolute atomic E-state index is 0.0601. The predicted octanol–water partition coefficient (Wildman–Crippen LogP) is 4.11. The fourth-order valence-corrected chi connectivity index (χ4v) is 2.60.